The van der Waals surface area contributed by atoms with Crippen LogP contribution >= 0.6 is 0 Å². The topological polar surface area (TPSA) is 53.7 Å². The van der Waals surface area contributed by atoms with Crippen LogP contribution in [0.25, 0.3) is 0 Å². The van der Waals surface area contributed by atoms with Crippen LogP contribution in [0.2, 0.25) is 0 Å². The molecule has 1 unspecified atom stereocenters. The van der Waals surface area contributed by atoms with Crippen LogP contribution in [0.3, 0.4) is 0 Å². The van der Waals surface area contributed by atoms with Gasteiger partial charge in [0.05, 0.1) is 6.04 Å². The Balaban J connectivity index is 1.67. The molecule has 0 spiro atoms. The number of hydrogen-bond acceptors (Lipinski definition) is 4. The third-order valence-corrected chi connectivity index (χ3v) is 3.38. The molecule has 1 aliphatic rings. The van der Waals surface area contributed by atoms with Gasteiger partial charge in [-0.3, -0.25) is 0 Å². The summed E-state index contributed by atoms with van der Waals surface area (Å²) < 4.78 is 29.3. The van der Waals surface area contributed by atoms with E-state index in [9.17, 15) is 4.39 Å². The molecule has 0 radical (unpaired) electrons. The van der Waals surface area contributed by atoms with E-state index < -0.39 is 0 Å². The molecule has 0 saturated carbocycles. The molecule has 2 aromatic rings. The smallest absolute Gasteiger partial charge is 0.231 e. The van der Waals surface area contributed by atoms with Gasteiger partial charge in [0.2, 0.25) is 6.79 Å². The van der Waals surface area contributed by atoms with E-state index in [1.165, 1.54) is 12.1 Å². The zero-order valence-corrected chi connectivity index (χ0v) is 11.6. The van der Waals surface area contributed by atoms with Crippen molar-refractivity contribution in [3.8, 4) is 17.2 Å². The lowest BCUT2D eigenvalue weighted by molar-refractivity contribution is 0.174. The molecule has 2 aromatic carbocycles. The van der Waals surface area contributed by atoms with Crippen molar-refractivity contribution in [3.63, 3.8) is 0 Å². The molecule has 0 fully saturated rings. The zero-order valence-electron chi connectivity index (χ0n) is 11.6. The lowest BCUT2D eigenvalue weighted by atomic mass is 10.1. The third kappa shape index (κ3) is 2.92. The standard InChI is InChI=1S/C16H16FNO3/c1-10-6-12(17)3-5-14(10)19-8-13(18)11-2-4-15-16(7-11)21-9-20-15/h2-7,13H,8-9,18H2,1H3. The van der Waals surface area contributed by atoms with Crippen LogP contribution < -0.4 is 19.9 Å². The molecule has 0 aliphatic carbocycles. The van der Waals surface area contributed by atoms with E-state index in [1.807, 2.05) is 18.2 Å². The van der Waals surface area contributed by atoms with E-state index in [-0.39, 0.29) is 18.7 Å². The molecule has 5 heteroatoms. The molecule has 0 saturated heterocycles. The summed E-state index contributed by atoms with van der Waals surface area (Å²) in [6.07, 6.45) is 0. The van der Waals surface area contributed by atoms with Crippen LogP contribution in [0.4, 0.5) is 4.39 Å². The summed E-state index contributed by atoms with van der Waals surface area (Å²) in [5, 5.41) is 0. The minimum absolute atomic E-state index is 0.235. The second-order valence-electron chi connectivity index (χ2n) is 4.94. The van der Waals surface area contributed by atoms with Crippen LogP contribution in [-0.4, -0.2) is 13.4 Å². The molecule has 0 bridgehead atoms. The lowest BCUT2D eigenvalue weighted by Crippen LogP contribution is -2.19. The lowest BCUT2D eigenvalue weighted by Gasteiger charge is -2.15. The summed E-state index contributed by atoms with van der Waals surface area (Å²) in [6.45, 7) is 2.33. The number of ether oxygens (including phenoxy) is 3. The average Bonchev–Trinajstić information content (AvgIpc) is 2.93. The first-order valence-electron chi connectivity index (χ1n) is 6.67. The maximum Gasteiger partial charge on any atom is 0.231 e. The van der Waals surface area contributed by atoms with E-state index in [0.717, 1.165) is 16.9 Å². The van der Waals surface area contributed by atoms with Gasteiger partial charge in [0.25, 0.3) is 0 Å². The first kappa shape index (κ1) is 13.7. The predicted octanol–water partition coefficient (Wildman–Crippen LogP) is 2.94. The SMILES string of the molecule is Cc1cc(F)ccc1OCC(N)c1ccc2c(c1)OCO2. The number of rotatable bonds is 4. The van der Waals surface area contributed by atoms with E-state index in [0.29, 0.717) is 18.1 Å². The number of fused-ring (bicyclic) bond motifs is 1. The van der Waals surface area contributed by atoms with Gasteiger partial charge in [-0.25, -0.2) is 4.39 Å². The Morgan fingerprint density at radius 2 is 2.00 bits per heavy atom. The van der Waals surface area contributed by atoms with Crippen molar-refractivity contribution in [3.05, 3.63) is 53.3 Å². The minimum atomic E-state index is -0.302. The van der Waals surface area contributed by atoms with Crippen molar-refractivity contribution < 1.29 is 18.6 Å². The average molecular weight is 289 g/mol. The monoisotopic (exact) mass is 289 g/mol. The van der Waals surface area contributed by atoms with Gasteiger partial charge < -0.3 is 19.9 Å². The number of aryl methyl sites for hydroxylation is 1. The number of benzene rings is 2. The number of hydrogen-bond donors (Lipinski definition) is 1. The molecule has 0 amide bonds. The molecule has 21 heavy (non-hydrogen) atoms. The molecule has 3 rings (SSSR count). The van der Waals surface area contributed by atoms with Gasteiger partial charge in [0.1, 0.15) is 18.2 Å². The maximum atomic E-state index is 13.0. The Kier molecular flexibility index (Phi) is 3.66. The van der Waals surface area contributed by atoms with Crippen LogP contribution in [0.15, 0.2) is 36.4 Å². The molecule has 1 aliphatic heterocycles. The van der Waals surface area contributed by atoms with Gasteiger partial charge in [-0.15, -0.1) is 0 Å². The van der Waals surface area contributed by atoms with Crippen LogP contribution in [0, 0.1) is 12.7 Å². The van der Waals surface area contributed by atoms with Crippen LogP contribution in [-0.2, 0) is 0 Å². The van der Waals surface area contributed by atoms with Crippen molar-refractivity contribution in [1.29, 1.82) is 0 Å². The summed E-state index contributed by atoms with van der Waals surface area (Å²) in [6, 6.07) is 9.68. The molecule has 4 nitrogen and oxygen atoms in total. The molecule has 110 valence electrons. The van der Waals surface area contributed by atoms with E-state index >= 15 is 0 Å². The fraction of sp³-hybridized carbons (Fsp3) is 0.250. The van der Waals surface area contributed by atoms with Gasteiger partial charge in [0.15, 0.2) is 11.5 Å². The maximum absolute atomic E-state index is 13.0. The normalized spacial score (nSPS) is 14.0. The molecular weight excluding hydrogens is 273 g/mol. The van der Waals surface area contributed by atoms with Crippen molar-refractivity contribution >= 4 is 0 Å². The van der Waals surface area contributed by atoms with Crippen molar-refractivity contribution in [2.45, 2.75) is 13.0 Å². The molecule has 0 aromatic heterocycles. The summed E-state index contributed by atoms with van der Waals surface area (Å²) >= 11 is 0. The highest BCUT2D eigenvalue weighted by Gasteiger charge is 2.16. The van der Waals surface area contributed by atoms with Gasteiger partial charge in [0, 0.05) is 0 Å². The Morgan fingerprint density at radius 1 is 1.19 bits per heavy atom. The Hall–Kier alpha value is -2.27. The second-order valence-corrected chi connectivity index (χ2v) is 4.94. The Bertz CT molecular complexity index is 660. The van der Waals surface area contributed by atoms with E-state index in [4.69, 9.17) is 19.9 Å². The highest BCUT2D eigenvalue weighted by Crippen LogP contribution is 2.34. The third-order valence-electron chi connectivity index (χ3n) is 3.38. The number of halogens is 1. The highest BCUT2D eigenvalue weighted by atomic mass is 19.1. The van der Waals surface area contributed by atoms with Crippen molar-refractivity contribution in [2.24, 2.45) is 5.73 Å². The Labute approximate surface area is 122 Å². The fourth-order valence-corrected chi connectivity index (χ4v) is 2.19. The molecule has 2 N–H and O–H groups in total. The van der Waals surface area contributed by atoms with Gasteiger partial charge in [-0.1, -0.05) is 6.07 Å². The van der Waals surface area contributed by atoms with Crippen LogP contribution in [0.1, 0.15) is 17.2 Å². The largest absolute Gasteiger partial charge is 0.491 e. The molecule has 1 heterocycles. The highest BCUT2D eigenvalue weighted by molar-refractivity contribution is 5.45. The summed E-state index contributed by atoms with van der Waals surface area (Å²) in [7, 11) is 0. The Morgan fingerprint density at radius 3 is 2.81 bits per heavy atom. The quantitative estimate of drug-likeness (QED) is 0.940. The van der Waals surface area contributed by atoms with Crippen LogP contribution in [0.5, 0.6) is 17.2 Å². The van der Waals surface area contributed by atoms with E-state index in [1.54, 1.807) is 13.0 Å². The van der Waals surface area contributed by atoms with Crippen molar-refractivity contribution in [1.82, 2.24) is 0 Å². The molecule has 1 atom stereocenters. The van der Waals surface area contributed by atoms with Crippen molar-refractivity contribution in [2.75, 3.05) is 13.4 Å². The first-order chi connectivity index (χ1) is 10.1. The molecular formula is C16H16FNO3. The second kappa shape index (κ2) is 5.61. The fourth-order valence-electron chi connectivity index (χ4n) is 2.19. The van der Waals surface area contributed by atoms with Gasteiger partial charge in [-0.05, 0) is 48.4 Å². The van der Waals surface area contributed by atoms with Gasteiger partial charge in [-0.2, -0.15) is 0 Å². The van der Waals surface area contributed by atoms with E-state index in [2.05, 4.69) is 0 Å². The summed E-state index contributed by atoms with van der Waals surface area (Å²) in [5.74, 6) is 1.77. The van der Waals surface area contributed by atoms with Gasteiger partial charge >= 0.3 is 0 Å². The summed E-state index contributed by atoms with van der Waals surface area (Å²) in [5.41, 5.74) is 7.77. The predicted molar refractivity (Wildman–Crippen MR) is 76.1 cm³/mol. The summed E-state index contributed by atoms with van der Waals surface area (Å²) in [4.78, 5) is 0. The zero-order chi connectivity index (χ0) is 14.8. The number of nitrogens with two attached hydrogens (primary N) is 1. The first-order valence-corrected chi connectivity index (χ1v) is 6.67. The minimum Gasteiger partial charge on any atom is -0.491 e.